The number of ether oxygens (including phenoxy) is 1. The maximum Gasteiger partial charge on any atom is 0.209 e. The summed E-state index contributed by atoms with van der Waals surface area (Å²) in [5, 5.41) is 0. The summed E-state index contributed by atoms with van der Waals surface area (Å²) in [5.74, 6) is 1.43. The Morgan fingerprint density at radius 1 is 1.00 bits per heavy atom. The lowest BCUT2D eigenvalue weighted by atomic mass is 10.1. The molecule has 2 aromatic heterocycles. The Kier molecular flexibility index (Phi) is 6.19. The second-order valence-electron chi connectivity index (χ2n) is 7.35. The van der Waals surface area contributed by atoms with Crippen molar-refractivity contribution in [3.05, 3.63) is 66.4 Å². The van der Waals surface area contributed by atoms with Gasteiger partial charge in [0, 0.05) is 18.8 Å². The molecular formula is C22H22N4O5S2. The normalized spacial score (nSPS) is 12.2. The van der Waals surface area contributed by atoms with Gasteiger partial charge in [0.1, 0.15) is 17.2 Å². The van der Waals surface area contributed by atoms with Crippen LogP contribution in [-0.2, 0) is 26.4 Å². The van der Waals surface area contributed by atoms with Gasteiger partial charge in [0.25, 0.3) is 0 Å². The van der Waals surface area contributed by atoms with E-state index in [1.54, 1.807) is 43.5 Å². The van der Waals surface area contributed by atoms with Crippen molar-refractivity contribution >= 4 is 30.9 Å². The van der Waals surface area contributed by atoms with E-state index in [1.165, 1.54) is 12.1 Å². The number of hydrogen-bond donors (Lipinski definition) is 2. The van der Waals surface area contributed by atoms with Gasteiger partial charge in [-0.1, -0.05) is 13.0 Å². The molecule has 0 aliphatic rings. The predicted octanol–water partition coefficient (Wildman–Crippen LogP) is 3.26. The number of fused-ring (bicyclic) bond motifs is 1. The first kappa shape index (κ1) is 22.9. The number of rotatable bonds is 8. The van der Waals surface area contributed by atoms with Crippen LogP contribution in [0.3, 0.4) is 0 Å². The number of pyridine rings is 1. The molecule has 0 unspecified atom stereocenters. The molecule has 0 bridgehead atoms. The minimum atomic E-state index is -3.43. The zero-order valence-electron chi connectivity index (χ0n) is 17.9. The zero-order chi connectivity index (χ0) is 23.6. The highest BCUT2D eigenvalue weighted by molar-refractivity contribution is 7.91. The average molecular weight is 487 g/mol. The highest BCUT2D eigenvalue weighted by Gasteiger charge is 2.15. The van der Waals surface area contributed by atoms with E-state index < -0.39 is 19.9 Å². The molecule has 0 spiro atoms. The van der Waals surface area contributed by atoms with Crippen molar-refractivity contribution in [2.45, 2.75) is 18.4 Å². The van der Waals surface area contributed by atoms with E-state index in [1.807, 2.05) is 12.1 Å². The van der Waals surface area contributed by atoms with Crippen molar-refractivity contribution in [1.82, 2.24) is 19.7 Å². The highest BCUT2D eigenvalue weighted by atomic mass is 32.2. The van der Waals surface area contributed by atoms with Crippen LogP contribution in [-0.4, -0.2) is 43.8 Å². The molecule has 0 aliphatic carbocycles. The summed E-state index contributed by atoms with van der Waals surface area (Å²) in [7, 11) is -6.74. The quantitative estimate of drug-likeness (QED) is 0.391. The number of nitrogens with one attached hydrogen (secondary N) is 2. The summed E-state index contributed by atoms with van der Waals surface area (Å²) in [4.78, 5) is 12.3. The Bertz CT molecular complexity index is 1500. The molecule has 0 radical (unpaired) electrons. The number of aromatic nitrogens is 3. The molecule has 33 heavy (non-hydrogen) atoms. The van der Waals surface area contributed by atoms with Crippen molar-refractivity contribution in [1.29, 1.82) is 0 Å². The monoisotopic (exact) mass is 486 g/mol. The predicted molar refractivity (Wildman–Crippen MR) is 125 cm³/mol. The molecule has 11 heteroatoms. The van der Waals surface area contributed by atoms with Gasteiger partial charge in [0.2, 0.25) is 10.0 Å². The second kappa shape index (κ2) is 8.93. The lowest BCUT2D eigenvalue weighted by Crippen LogP contribution is -2.21. The Morgan fingerprint density at radius 3 is 2.39 bits per heavy atom. The molecule has 2 heterocycles. The first-order valence-electron chi connectivity index (χ1n) is 10.0. The molecule has 2 aromatic carbocycles. The summed E-state index contributed by atoms with van der Waals surface area (Å²) >= 11 is 0. The third kappa shape index (κ3) is 5.38. The molecule has 0 aliphatic heterocycles. The molecule has 0 saturated heterocycles. The maximum absolute atomic E-state index is 12.0. The van der Waals surface area contributed by atoms with Gasteiger partial charge < -0.3 is 9.72 Å². The van der Waals surface area contributed by atoms with Gasteiger partial charge >= 0.3 is 0 Å². The van der Waals surface area contributed by atoms with Gasteiger partial charge in [-0.05, 0) is 48.0 Å². The van der Waals surface area contributed by atoms with Crippen LogP contribution >= 0.6 is 0 Å². The Morgan fingerprint density at radius 2 is 1.76 bits per heavy atom. The van der Waals surface area contributed by atoms with E-state index in [4.69, 9.17) is 4.74 Å². The maximum atomic E-state index is 12.0. The van der Waals surface area contributed by atoms with Crippen molar-refractivity contribution in [3.63, 3.8) is 0 Å². The topological polar surface area (TPSA) is 131 Å². The fourth-order valence-electron chi connectivity index (χ4n) is 3.20. The van der Waals surface area contributed by atoms with Crippen LogP contribution in [0.5, 0.6) is 11.5 Å². The van der Waals surface area contributed by atoms with Crippen LogP contribution in [0, 0.1) is 0 Å². The Hall–Kier alpha value is -3.28. The number of hydrogen-bond acceptors (Lipinski definition) is 7. The van der Waals surface area contributed by atoms with Crippen molar-refractivity contribution in [3.8, 4) is 23.0 Å². The summed E-state index contributed by atoms with van der Waals surface area (Å²) < 4.78 is 55.8. The standard InChI is InChI=1S/C22H22N4O5S2/c1-3-33(29,30)18-9-7-16(8-10-18)31-17-12-15(14-24-32(2,27)28)21-20(13-17)25-22(26-21)19-6-4-5-11-23-19/h4-13,24H,3,14H2,1-2H3,(H,25,26). The molecular weight excluding hydrogens is 464 g/mol. The smallest absolute Gasteiger partial charge is 0.209 e. The Balaban J connectivity index is 1.72. The molecule has 9 nitrogen and oxygen atoms in total. The number of sulfonamides is 1. The number of benzene rings is 2. The van der Waals surface area contributed by atoms with Crippen molar-refractivity contribution in [2.24, 2.45) is 0 Å². The van der Waals surface area contributed by atoms with Crippen molar-refractivity contribution < 1.29 is 21.6 Å². The third-order valence-electron chi connectivity index (χ3n) is 4.87. The minimum absolute atomic E-state index is 0.0129. The third-order valence-corrected chi connectivity index (χ3v) is 7.29. The van der Waals surface area contributed by atoms with Gasteiger partial charge in [-0.25, -0.2) is 26.5 Å². The number of nitrogens with zero attached hydrogens (tertiary/aromatic N) is 2. The van der Waals surface area contributed by atoms with Gasteiger partial charge in [0.05, 0.1) is 27.9 Å². The van der Waals surface area contributed by atoms with E-state index >= 15 is 0 Å². The number of aromatic amines is 1. The molecule has 4 aromatic rings. The average Bonchev–Trinajstić information content (AvgIpc) is 3.22. The number of H-pyrrole nitrogens is 1. The number of sulfone groups is 1. The fraction of sp³-hybridized carbons (Fsp3) is 0.182. The summed E-state index contributed by atoms with van der Waals surface area (Å²) in [6, 6.07) is 15.0. The molecule has 0 atom stereocenters. The minimum Gasteiger partial charge on any atom is -0.457 e. The molecule has 2 N–H and O–H groups in total. The van der Waals surface area contributed by atoms with Crippen LogP contribution in [0.1, 0.15) is 12.5 Å². The van der Waals surface area contributed by atoms with Gasteiger partial charge in [-0.3, -0.25) is 4.98 Å². The van der Waals surface area contributed by atoms with Gasteiger partial charge in [-0.15, -0.1) is 0 Å². The van der Waals surface area contributed by atoms with E-state index in [2.05, 4.69) is 19.7 Å². The lowest BCUT2D eigenvalue weighted by Gasteiger charge is -2.10. The van der Waals surface area contributed by atoms with Crippen LogP contribution in [0.2, 0.25) is 0 Å². The summed E-state index contributed by atoms with van der Waals surface area (Å²) in [6.45, 7) is 1.61. The second-order valence-corrected chi connectivity index (χ2v) is 11.5. The Labute approximate surface area is 191 Å². The molecule has 172 valence electrons. The van der Waals surface area contributed by atoms with Crippen LogP contribution in [0.4, 0.5) is 0 Å². The van der Waals surface area contributed by atoms with Gasteiger partial charge in [0.15, 0.2) is 15.7 Å². The van der Waals surface area contributed by atoms with E-state index in [-0.39, 0.29) is 17.2 Å². The molecule has 4 rings (SSSR count). The van der Waals surface area contributed by atoms with Crippen LogP contribution in [0.15, 0.2) is 65.7 Å². The first-order chi connectivity index (χ1) is 15.6. The molecule has 0 amide bonds. The SMILES string of the molecule is CCS(=O)(=O)c1ccc(Oc2cc(CNS(C)(=O)=O)c3nc(-c4ccccn4)[nH]c3c2)cc1. The van der Waals surface area contributed by atoms with Crippen LogP contribution in [0.25, 0.3) is 22.6 Å². The first-order valence-corrected chi connectivity index (χ1v) is 13.6. The number of imidazole rings is 1. The zero-order valence-corrected chi connectivity index (χ0v) is 19.6. The van der Waals surface area contributed by atoms with E-state index in [0.29, 0.717) is 39.6 Å². The largest absolute Gasteiger partial charge is 0.457 e. The fourth-order valence-corrected chi connectivity index (χ4v) is 4.51. The van der Waals surface area contributed by atoms with Crippen LogP contribution < -0.4 is 9.46 Å². The van der Waals surface area contributed by atoms with Gasteiger partial charge in [-0.2, -0.15) is 0 Å². The van der Waals surface area contributed by atoms with Crippen molar-refractivity contribution in [2.75, 3.05) is 12.0 Å². The van der Waals surface area contributed by atoms with E-state index in [0.717, 1.165) is 6.26 Å². The summed E-state index contributed by atoms with van der Waals surface area (Å²) in [5.41, 5.74) is 2.48. The molecule has 0 fully saturated rings. The highest BCUT2D eigenvalue weighted by Crippen LogP contribution is 2.30. The molecule has 0 saturated carbocycles. The van der Waals surface area contributed by atoms with E-state index in [9.17, 15) is 16.8 Å². The lowest BCUT2D eigenvalue weighted by molar-refractivity contribution is 0.482. The summed E-state index contributed by atoms with van der Waals surface area (Å²) in [6.07, 6.45) is 2.74.